The molecule has 3 nitrogen and oxygen atoms in total. The van der Waals surface area contributed by atoms with Crippen LogP contribution in [0.1, 0.15) is 13.8 Å². The number of phenols is 1. The number of amides is 1. The van der Waals surface area contributed by atoms with Gasteiger partial charge in [-0.15, -0.1) is 0 Å². The highest BCUT2D eigenvalue weighted by atomic mass is 35.5. The lowest BCUT2D eigenvalue weighted by Crippen LogP contribution is -2.17. The largest absolute Gasteiger partial charge is 0.506 e. The van der Waals surface area contributed by atoms with Crippen molar-refractivity contribution in [1.82, 2.24) is 0 Å². The van der Waals surface area contributed by atoms with E-state index in [1.165, 1.54) is 12.1 Å². The van der Waals surface area contributed by atoms with Crippen molar-refractivity contribution in [3.63, 3.8) is 0 Å². The van der Waals surface area contributed by atoms with Crippen LogP contribution in [0.15, 0.2) is 18.2 Å². The summed E-state index contributed by atoms with van der Waals surface area (Å²) in [6.45, 7) is 3.59. The summed E-state index contributed by atoms with van der Waals surface area (Å²) in [5.74, 6) is -0.215. The number of hydrogen-bond acceptors (Lipinski definition) is 2. The van der Waals surface area contributed by atoms with Crippen molar-refractivity contribution in [3.8, 4) is 5.75 Å². The van der Waals surface area contributed by atoms with E-state index in [9.17, 15) is 9.90 Å². The highest BCUT2D eigenvalue weighted by Crippen LogP contribution is 2.26. The fourth-order valence-electron chi connectivity index (χ4n) is 0.877. The number of anilines is 1. The van der Waals surface area contributed by atoms with E-state index in [0.29, 0.717) is 5.69 Å². The molecule has 0 spiro atoms. The van der Waals surface area contributed by atoms with Crippen molar-refractivity contribution in [3.05, 3.63) is 23.2 Å². The maximum atomic E-state index is 11.3. The molecule has 0 aliphatic rings. The fraction of sp³-hybridized carbons (Fsp3) is 0.300. The van der Waals surface area contributed by atoms with E-state index in [4.69, 9.17) is 11.6 Å². The molecule has 0 saturated heterocycles. The van der Waals surface area contributed by atoms with Gasteiger partial charge < -0.3 is 10.4 Å². The molecular weight excluding hydrogens is 202 g/mol. The zero-order valence-corrected chi connectivity index (χ0v) is 8.80. The molecule has 2 N–H and O–H groups in total. The minimum absolute atomic E-state index is 0.0341. The number of carbonyl (C=O) groups is 1. The number of phenolic OH excluding ortho intramolecular Hbond substituents is 1. The zero-order valence-electron chi connectivity index (χ0n) is 8.04. The van der Waals surface area contributed by atoms with Gasteiger partial charge >= 0.3 is 0 Å². The average Bonchev–Trinajstić information content (AvgIpc) is 2.11. The Balaban J connectivity index is 2.78. The van der Waals surface area contributed by atoms with Gasteiger partial charge in [0.05, 0.1) is 5.02 Å². The summed E-state index contributed by atoms with van der Waals surface area (Å²) in [7, 11) is 0. The zero-order chi connectivity index (χ0) is 10.7. The van der Waals surface area contributed by atoms with E-state index in [2.05, 4.69) is 5.32 Å². The van der Waals surface area contributed by atoms with Gasteiger partial charge in [-0.2, -0.15) is 0 Å². The van der Waals surface area contributed by atoms with Crippen LogP contribution in [-0.2, 0) is 4.79 Å². The molecule has 1 aromatic carbocycles. The van der Waals surface area contributed by atoms with Crippen LogP contribution in [0.3, 0.4) is 0 Å². The summed E-state index contributed by atoms with van der Waals surface area (Å²) < 4.78 is 0. The van der Waals surface area contributed by atoms with Gasteiger partial charge in [0.1, 0.15) is 5.75 Å². The molecule has 1 aromatic rings. The van der Waals surface area contributed by atoms with Crippen molar-refractivity contribution in [2.75, 3.05) is 5.32 Å². The molecule has 14 heavy (non-hydrogen) atoms. The van der Waals surface area contributed by atoms with E-state index in [-0.39, 0.29) is 22.6 Å². The maximum absolute atomic E-state index is 11.3. The average molecular weight is 214 g/mol. The first kappa shape index (κ1) is 10.9. The Kier molecular flexibility index (Phi) is 3.36. The lowest BCUT2D eigenvalue weighted by atomic mass is 10.2. The third-order valence-corrected chi connectivity index (χ3v) is 2.06. The van der Waals surface area contributed by atoms with Crippen LogP contribution < -0.4 is 5.32 Å². The molecule has 0 aliphatic heterocycles. The van der Waals surface area contributed by atoms with Crippen LogP contribution in [-0.4, -0.2) is 11.0 Å². The summed E-state index contributed by atoms with van der Waals surface area (Å²) in [4.78, 5) is 11.3. The summed E-state index contributed by atoms with van der Waals surface area (Å²) in [6.07, 6.45) is 0. The van der Waals surface area contributed by atoms with E-state index in [1.807, 2.05) is 0 Å². The van der Waals surface area contributed by atoms with Crippen LogP contribution >= 0.6 is 11.6 Å². The predicted octanol–water partition coefficient (Wildman–Crippen LogP) is 2.64. The summed E-state index contributed by atoms with van der Waals surface area (Å²) in [6, 6.07) is 4.60. The molecule has 76 valence electrons. The van der Waals surface area contributed by atoms with Gasteiger partial charge in [0.2, 0.25) is 5.91 Å². The molecule has 0 heterocycles. The number of rotatable bonds is 2. The number of nitrogens with one attached hydrogen (secondary N) is 1. The van der Waals surface area contributed by atoms with Gasteiger partial charge in [0.15, 0.2) is 0 Å². The lowest BCUT2D eigenvalue weighted by Gasteiger charge is -2.08. The van der Waals surface area contributed by atoms with E-state index >= 15 is 0 Å². The number of aromatic hydroxyl groups is 1. The molecule has 0 bridgehead atoms. The van der Waals surface area contributed by atoms with Gasteiger partial charge in [0.25, 0.3) is 0 Å². The van der Waals surface area contributed by atoms with Gasteiger partial charge in [0, 0.05) is 17.7 Å². The topological polar surface area (TPSA) is 49.3 Å². The standard InChI is InChI=1S/C10H12ClNO2/c1-6(2)10(14)12-7-3-4-8(11)9(13)5-7/h3-6,13H,1-2H3,(H,12,14). The molecular formula is C10H12ClNO2. The first-order valence-electron chi connectivity index (χ1n) is 4.30. The highest BCUT2D eigenvalue weighted by molar-refractivity contribution is 6.32. The van der Waals surface area contributed by atoms with Crippen LogP contribution in [0, 0.1) is 5.92 Å². The van der Waals surface area contributed by atoms with Gasteiger partial charge in [-0.25, -0.2) is 0 Å². The molecule has 0 radical (unpaired) electrons. The van der Waals surface area contributed by atoms with Crippen LogP contribution in [0.4, 0.5) is 5.69 Å². The van der Waals surface area contributed by atoms with E-state index < -0.39 is 0 Å². The third-order valence-electron chi connectivity index (χ3n) is 1.74. The molecule has 0 aliphatic carbocycles. The first-order valence-corrected chi connectivity index (χ1v) is 4.68. The Bertz CT molecular complexity index is 350. The molecule has 1 rings (SSSR count). The second-order valence-electron chi connectivity index (χ2n) is 3.31. The van der Waals surface area contributed by atoms with Crippen molar-refractivity contribution < 1.29 is 9.90 Å². The van der Waals surface area contributed by atoms with Crippen molar-refractivity contribution in [2.24, 2.45) is 5.92 Å². The summed E-state index contributed by atoms with van der Waals surface area (Å²) in [5, 5.41) is 12.2. The maximum Gasteiger partial charge on any atom is 0.226 e. The lowest BCUT2D eigenvalue weighted by molar-refractivity contribution is -0.118. The van der Waals surface area contributed by atoms with Crippen molar-refractivity contribution in [1.29, 1.82) is 0 Å². The van der Waals surface area contributed by atoms with E-state index in [0.717, 1.165) is 0 Å². The Morgan fingerprint density at radius 2 is 2.14 bits per heavy atom. The molecule has 0 atom stereocenters. The minimum Gasteiger partial charge on any atom is -0.506 e. The molecule has 0 aromatic heterocycles. The minimum atomic E-state index is -0.0910. The Morgan fingerprint density at radius 3 is 2.64 bits per heavy atom. The van der Waals surface area contributed by atoms with Crippen molar-refractivity contribution >= 4 is 23.2 Å². The van der Waals surface area contributed by atoms with Crippen LogP contribution in [0.2, 0.25) is 5.02 Å². The van der Waals surface area contributed by atoms with Crippen molar-refractivity contribution in [2.45, 2.75) is 13.8 Å². The normalized spacial score (nSPS) is 10.3. The molecule has 0 fully saturated rings. The van der Waals surface area contributed by atoms with Crippen LogP contribution in [0.25, 0.3) is 0 Å². The summed E-state index contributed by atoms with van der Waals surface area (Å²) >= 11 is 5.62. The fourth-order valence-corrected chi connectivity index (χ4v) is 0.995. The molecule has 4 heteroatoms. The molecule has 0 unspecified atom stereocenters. The molecule has 0 saturated carbocycles. The number of benzene rings is 1. The number of halogens is 1. The SMILES string of the molecule is CC(C)C(=O)Nc1ccc(Cl)c(O)c1. The third kappa shape index (κ3) is 2.64. The number of carbonyl (C=O) groups excluding carboxylic acids is 1. The number of hydrogen-bond donors (Lipinski definition) is 2. The first-order chi connectivity index (χ1) is 6.50. The van der Waals surface area contributed by atoms with E-state index in [1.54, 1.807) is 19.9 Å². The van der Waals surface area contributed by atoms with Crippen LogP contribution in [0.5, 0.6) is 5.75 Å². The summed E-state index contributed by atoms with van der Waals surface area (Å²) in [5.41, 5.74) is 0.547. The van der Waals surface area contributed by atoms with Gasteiger partial charge in [-0.1, -0.05) is 25.4 Å². The Morgan fingerprint density at radius 1 is 1.50 bits per heavy atom. The van der Waals surface area contributed by atoms with Gasteiger partial charge in [-0.3, -0.25) is 4.79 Å². The second-order valence-corrected chi connectivity index (χ2v) is 3.72. The monoisotopic (exact) mass is 213 g/mol. The second kappa shape index (κ2) is 4.33. The smallest absolute Gasteiger partial charge is 0.226 e. The highest BCUT2D eigenvalue weighted by Gasteiger charge is 2.07. The quantitative estimate of drug-likeness (QED) is 0.794. The Hall–Kier alpha value is -1.22. The van der Waals surface area contributed by atoms with Gasteiger partial charge in [-0.05, 0) is 12.1 Å². The Labute approximate surface area is 87.7 Å². The molecule has 1 amide bonds. The predicted molar refractivity (Wildman–Crippen MR) is 56.6 cm³/mol.